The molecule has 82 valence electrons. The summed E-state index contributed by atoms with van der Waals surface area (Å²) in [7, 11) is 0. The van der Waals surface area contributed by atoms with Crippen molar-refractivity contribution in [3.8, 4) is 0 Å². The summed E-state index contributed by atoms with van der Waals surface area (Å²) in [6, 6.07) is 0. The molecule has 0 heterocycles. The van der Waals surface area contributed by atoms with Crippen molar-refractivity contribution >= 4 is 11.6 Å². The first-order chi connectivity index (χ1) is 4.34. The van der Waals surface area contributed by atoms with Crippen LogP contribution in [0.5, 0.6) is 0 Å². The van der Waals surface area contributed by atoms with Gasteiger partial charge < -0.3 is 24.4 Å². The maximum atomic E-state index is 11.3. The smallest absolute Gasteiger partial charge is 0.358 e. The van der Waals surface area contributed by atoms with Crippen molar-refractivity contribution in [1.29, 1.82) is 0 Å². The molecule has 0 saturated carbocycles. The molecule has 0 spiro atoms. The molecule has 0 atom stereocenters. The van der Waals surface area contributed by atoms with Gasteiger partial charge >= 0.3 is 28.6 Å². The molecule has 0 aliphatic rings. The Kier molecular flexibility index (Phi) is 14.8. The standard InChI is InChI=1S/C5H4F3O2.2CH3.Au/c1-3(9)2-4(10)5(6,7)8;;;/h2H,1H3;2*1H3;/q3*-1;+3. The van der Waals surface area contributed by atoms with Crippen LogP contribution in [0.25, 0.3) is 0 Å². The first-order valence-electron chi connectivity index (χ1n) is 2.30. The predicted molar refractivity (Wildman–Crippen MR) is 38.9 cm³/mol. The Balaban J connectivity index is -0.000000135. The number of rotatable bonds is 2. The third kappa shape index (κ3) is 11.7. The number of halogens is 3. The van der Waals surface area contributed by atoms with Crippen LogP contribution >= 0.6 is 0 Å². The Hall–Kier alpha value is -0.260. The minimum absolute atomic E-state index is 0. The molecular formula is C7H10AuF3O2. The van der Waals surface area contributed by atoms with Gasteiger partial charge in [-0.3, -0.25) is 6.42 Å². The van der Waals surface area contributed by atoms with E-state index in [4.69, 9.17) is 0 Å². The molecule has 2 nitrogen and oxygen atoms in total. The van der Waals surface area contributed by atoms with E-state index in [-0.39, 0.29) is 43.7 Å². The number of carbonyl (C=O) groups is 2. The van der Waals surface area contributed by atoms with Gasteiger partial charge in [-0.05, 0) is 6.92 Å². The van der Waals surface area contributed by atoms with Crippen molar-refractivity contribution in [3.63, 3.8) is 0 Å². The molecule has 13 heavy (non-hydrogen) atoms. The molecule has 0 aliphatic carbocycles. The van der Waals surface area contributed by atoms with E-state index in [1.165, 1.54) is 0 Å². The summed E-state index contributed by atoms with van der Waals surface area (Å²) in [5.41, 5.74) is 0. The Morgan fingerprint density at radius 1 is 1.15 bits per heavy atom. The summed E-state index contributed by atoms with van der Waals surface area (Å²) in [4.78, 5) is 19.8. The minimum atomic E-state index is -4.92. The fraction of sp³-hybridized carbons (Fsp3) is 0.286. The normalized spacial score (nSPS) is 8.31. The second kappa shape index (κ2) is 8.34. The summed E-state index contributed by atoms with van der Waals surface area (Å²) in [6.45, 7) is 0.879. The van der Waals surface area contributed by atoms with E-state index in [0.717, 1.165) is 6.92 Å². The van der Waals surface area contributed by atoms with Crippen LogP contribution in [-0.4, -0.2) is 17.7 Å². The molecule has 0 aromatic heterocycles. The van der Waals surface area contributed by atoms with Crippen molar-refractivity contribution in [2.24, 2.45) is 0 Å². The summed E-state index contributed by atoms with van der Waals surface area (Å²) < 4.78 is 33.8. The van der Waals surface area contributed by atoms with Gasteiger partial charge in [-0.25, -0.2) is 0 Å². The van der Waals surface area contributed by atoms with Gasteiger partial charge in [0.2, 0.25) is 0 Å². The van der Waals surface area contributed by atoms with Gasteiger partial charge in [0.25, 0.3) is 0 Å². The third-order valence-electron chi connectivity index (χ3n) is 0.614. The van der Waals surface area contributed by atoms with Gasteiger partial charge in [-0.2, -0.15) is 13.2 Å². The number of ketones is 2. The zero-order valence-electron chi connectivity index (χ0n) is 7.33. The van der Waals surface area contributed by atoms with Gasteiger partial charge in [0, 0.05) is 5.78 Å². The topological polar surface area (TPSA) is 34.1 Å². The van der Waals surface area contributed by atoms with Gasteiger partial charge in [0.05, 0.1) is 0 Å². The molecule has 6 heteroatoms. The molecule has 0 radical (unpaired) electrons. The van der Waals surface area contributed by atoms with Crippen LogP contribution in [0.2, 0.25) is 0 Å². The first-order valence-corrected chi connectivity index (χ1v) is 2.30. The van der Waals surface area contributed by atoms with E-state index >= 15 is 0 Å². The van der Waals surface area contributed by atoms with Crippen molar-refractivity contribution in [2.45, 2.75) is 13.1 Å². The molecule has 0 fully saturated rings. The molecule has 0 aromatic carbocycles. The van der Waals surface area contributed by atoms with Crippen molar-refractivity contribution in [1.82, 2.24) is 0 Å². The SMILES string of the molecule is CC(=O)[CH-]C(=O)C(F)(F)F.[Au+3].[CH3-].[CH3-]. The number of carbonyl (C=O) groups excluding carboxylic acids is 2. The average molecular weight is 380 g/mol. The van der Waals surface area contributed by atoms with Crippen LogP contribution in [0.15, 0.2) is 0 Å². The molecule has 0 amide bonds. The predicted octanol–water partition coefficient (Wildman–Crippen LogP) is 1.81. The Labute approximate surface area is 91.4 Å². The van der Waals surface area contributed by atoms with Crippen LogP contribution in [-0.2, 0) is 32.0 Å². The van der Waals surface area contributed by atoms with Gasteiger partial charge in [0.15, 0.2) is 0 Å². The number of Topliss-reactive ketones (excluding diaryl/α,β-unsaturated/α-hetero) is 2. The Bertz CT molecular complexity index is 166. The van der Waals surface area contributed by atoms with E-state index in [2.05, 4.69) is 0 Å². The first kappa shape index (κ1) is 23.0. The molecule has 0 rings (SSSR count). The van der Waals surface area contributed by atoms with E-state index in [1.807, 2.05) is 0 Å². The van der Waals surface area contributed by atoms with E-state index in [0.29, 0.717) is 0 Å². The van der Waals surface area contributed by atoms with Crippen LogP contribution in [0, 0.1) is 21.3 Å². The van der Waals surface area contributed by atoms with E-state index in [1.54, 1.807) is 0 Å². The molecule has 0 bridgehead atoms. The van der Waals surface area contributed by atoms with Gasteiger partial charge in [-0.15, -0.1) is 0 Å². The fourth-order valence-corrected chi connectivity index (χ4v) is 0.266. The van der Waals surface area contributed by atoms with Gasteiger partial charge in [-0.1, -0.05) is 0 Å². The largest absolute Gasteiger partial charge is 3.00 e. The Morgan fingerprint density at radius 2 is 1.46 bits per heavy atom. The third-order valence-corrected chi connectivity index (χ3v) is 0.614. The molecule has 0 saturated heterocycles. The maximum absolute atomic E-state index is 11.3. The quantitative estimate of drug-likeness (QED) is 0.416. The van der Waals surface area contributed by atoms with Crippen molar-refractivity contribution in [3.05, 3.63) is 21.3 Å². The van der Waals surface area contributed by atoms with Crippen LogP contribution < -0.4 is 0 Å². The zero-order chi connectivity index (χ0) is 8.36. The second-order valence-electron chi connectivity index (χ2n) is 1.62. The monoisotopic (exact) mass is 380 g/mol. The molecule has 0 unspecified atom stereocenters. The van der Waals surface area contributed by atoms with Crippen LogP contribution in [0.4, 0.5) is 13.2 Å². The second-order valence-corrected chi connectivity index (χ2v) is 1.62. The van der Waals surface area contributed by atoms with Crippen LogP contribution in [0.3, 0.4) is 0 Å². The van der Waals surface area contributed by atoms with Crippen molar-refractivity contribution in [2.75, 3.05) is 0 Å². The number of hydrogen-bond donors (Lipinski definition) is 0. The molecule has 0 aromatic rings. The maximum Gasteiger partial charge on any atom is 3.00 e. The Morgan fingerprint density at radius 3 is 1.54 bits per heavy atom. The zero-order valence-corrected chi connectivity index (χ0v) is 9.50. The van der Waals surface area contributed by atoms with E-state index < -0.39 is 17.7 Å². The van der Waals surface area contributed by atoms with Gasteiger partial charge in [0.1, 0.15) is 5.78 Å². The van der Waals surface area contributed by atoms with Crippen molar-refractivity contribution < 1.29 is 45.1 Å². The van der Waals surface area contributed by atoms with Crippen LogP contribution in [0.1, 0.15) is 6.92 Å². The summed E-state index contributed by atoms with van der Waals surface area (Å²) >= 11 is 0. The molecular weight excluding hydrogens is 370 g/mol. The number of alkyl halides is 3. The summed E-state index contributed by atoms with van der Waals surface area (Å²) in [5.74, 6) is -3.01. The summed E-state index contributed by atoms with van der Waals surface area (Å²) in [5, 5.41) is 0. The van der Waals surface area contributed by atoms with E-state index in [9.17, 15) is 22.8 Å². The number of hydrogen-bond acceptors (Lipinski definition) is 2. The average Bonchev–Trinajstić information content (AvgIpc) is 1.60. The molecule has 0 N–H and O–H groups in total. The minimum Gasteiger partial charge on any atom is -0.358 e. The summed E-state index contributed by atoms with van der Waals surface area (Å²) in [6.07, 6.45) is -4.91. The fourth-order valence-electron chi connectivity index (χ4n) is 0.266. The molecule has 0 aliphatic heterocycles.